The van der Waals surface area contributed by atoms with Gasteiger partial charge in [-0.3, -0.25) is 9.69 Å². The topological polar surface area (TPSA) is 49.8 Å². The smallest absolute Gasteiger partial charge is 0.307 e. The molecule has 7 heteroatoms. The number of piperidine rings is 1. The van der Waals surface area contributed by atoms with Crippen LogP contribution in [0.5, 0.6) is 5.75 Å². The maximum atomic E-state index is 11.5. The van der Waals surface area contributed by atoms with Gasteiger partial charge in [0, 0.05) is 22.0 Å². The van der Waals surface area contributed by atoms with Crippen molar-refractivity contribution >= 4 is 44.8 Å². The Kier molecular flexibility index (Phi) is 6.61. The molecule has 2 heterocycles. The van der Waals surface area contributed by atoms with E-state index in [9.17, 15) is 9.90 Å². The van der Waals surface area contributed by atoms with E-state index >= 15 is 0 Å². The van der Waals surface area contributed by atoms with E-state index in [0.717, 1.165) is 39.4 Å². The van der Waals surface area contributed by atoms with Crippen molar-refractivity contribution < 1.29 is 14.6 Å². The van der Waals surface area contributed by atoms with Gasteiger partial charge in [-0.2, -0.15) is 0 Å². The first-order valence-electron chi connectivity index (χ1n) is 8.64. The normalized spacial score (nSPS) is 19.3. The molecule has 1 fully saturated rings. The third-order valence-corrected chi connectivity index (χ3v) is 6.51. The van der Waals surface area contributed by atoms with Gasteiger partial charge in [0.2, 0.25) is 0 Å². The maximum absolute atomic E-state index is 11.5. The summed E-state index contributed by atoms with van der Waals surface area (Å²) in [6, 6.07) is 9.70. The van der Waals surface area contributed by atoms with E-state index < -0.39 is 5.97 Å². The van der Waals surface area contributed by atoms with Crippen LogP contribution >= 0.6 is 38.9 Å². The van der Waals surface area contributed by atoms with Gasteiger partial charge < -0.3 is 9.84 Å². The molecule has 26 heavy (non-hydrogen) atoms. The quantitative estimate of drug-likeness (QED) is 0.625. The van der Waals surface area contributed by atoms with Crippen LogP contribution in [0.15, 0.2) is 34.1 Å². The van der Waals surface area contributed by atoms with Gasteiger partial charge in [-0.25, -0.2) is 0 Å². The van der Waals surface area contributed by atoms with Crippen LogP contribution in [0.2, 0.25) is 5.02 Å². The largest absolute Gasteiger partial charge is 0.494 e. The van der Waals surface area contributed by atoms with E-state index in [1.807, 2.05) is 31.2 Å². The second-order valence-electron chi connectivity index (χ2n) is 6.33. The number of carboxylic acids is 1. The number of carboxylic acid groups (broad SMARTS) is 1. The average molecular weight is 459 g/mol. The molecule has 1 aliphatic heterocycles. The van der Waals surface area contributed by atoms with Crippen molar-refractivity contribution in [2.75, 3.05) is 19.7 Å². The first kappa shape index (κ1) is 19.7. The monoisotopic (exact) mass is 457 g/mol. The predicted octanol–water partition coefficient (Wildman–Crippen LogP) is 5.45. The summed E-state index contributed by atoms with van der Waals surface area (Å²) >= 11 is 11.5. The van der Waals surface area contributed by atoms with E-state index in [-0.39, 0.29) is 12.0 Å². The average Bonchev–Trinajstić information content (AvgIpc) is 3.04. The molecule has 1 aromatic heterocycles. The van der Waals surface area contributed by atoms with Crippen molar-refractivity contribution in [2.24, 2.45) is 5.92 Å². The molecule has 3 rings (SSSR count). The summed E-state index contributed by atoms with van der Waals surface area (Å²) in [5.41, 5.74) is 0.986. The molecule has 1 saturated heterocycles. The van der Waals surface area contributed by atoms with E-state index in [0.29, 0.717) is 18.2 Å². The van der Waals surface area contributed by atoms with Gasteiger partial charge in [0.25, 0.3) is 0 Å². The zero-order valence-electron chi connectivity index (χ0n) is 14.5. The lowest BCUT2D eigenvalue weighted by Gasteiger charge is -2.37. The lowest BCUT2D eigenvalue weighted by atomic mass is 9.94. The molecule has 0 aliphatic carbocycles. The van der Waals surface area contributed by atoms with E-state index in [4.69, 9.17) is 16.3 Å². The van der Waals surface area contributed by atoms with Crippen LogP contribution in [0, 0.1) is 5.92 Å². The predicted molar refractivity (Wildman–Crippen MR) is 108 cm³/mol. The standard InChI is InChI=1S/C19H21BrClNO3S/c1-2-25-15-6-5-13(21)10-14(15)18(16-7-8-17(20)26-16)22-9-3-4-12(11-22)19(23)24/h5-8,10,12,18H,2-4,9,11H2,1H3,(H,23,24). The van der Waals surface area contributed by atoms with Crippen molar-refractivity contribution in [3.05, 3.63) is 49.6 Å². The molecule has 1 N–H and O–H groups in total. The molecule has 0 bridgehead atoms. The van der Waals surface area contributed by atoms with Gasteiger partial charge in [-0.15, -0.1) is 11.3 Å². The Balaban J connectivity index is 2.05. The minimum Gasteiger partial charge on any atom is -0.494 e. The van der Waals surface area contributed by atoms with Crippen molar-refractivity contribution in [2.45, 2.75) is 25.8 Å². The van der Waals surface area contributed by atoms with E-state index in [1.54, 1.807) is 11.3 Å². The van der Waals surface area contributed by atoms with Gasteiger partial charge in [0.1, 0.15) is 5.75 Å². The van der Waals surface area contributed by atoms with E-state index in [2.05, 4.69) is 26.9 Å². The number of thiophene rings is 1. The molecule has 0 radical (unpaired) electrons. The van der Waals surface area contributed by atoms with Gasteiger partial charge in [-0.1, -0.05) is 11.6 Å². The fourth-order valence-corrected chi connectivity index (χ4v) is 5.23. The number of hydrogen-bond acceptors (Lipinski definition) is 4. The highest BCUT2D eigenvalue weighted by atomic mass is 79.9. The minimum atomic E-state index is -0.725. The Morgan fingerprint density at radius 2 is 2.27 bits per heavy atom. The summed E-state index contributed by atoms with van der Waals surface area (Å²) < 4.78 is 6.90. The molecule has 2 atom stereocenters. The number of halogens is 2. The Hall–Kier alpha value is -1.08. The van der Waals surface area contributed by atoms with Crippen molar-refractivity contribution in [3.63, 3.8) is 0 Å². The molecule has 2 aromatic rings. The summed E-state index contributed by atoms with van der Waals surface area (Å²) in [6.07, 6.45) is 1.59. The lowest BCUT2D eigenvalue weighted by Crippen LogP contribution is -2.41. The van der Waals surface area contributed by atoms with E-state index in [1.165, 1.54) is 0 Å². The Morgan fingerprint density at radius 3 is 2.92 bits per heavy atom. The third-order valence-electron chi connectivity index (χ3n) is 4.60. The summed E-state index contributed by atoms with van der Waals surface area (Å²) in [7, 11) is 0. The lowest BCUT2D eigenvalue weighted by molar-refractivity contribution is -0.143. The second-order valence-corrected chi connectivity index (χ2v) is 9.26. The Morgan fingerprint density at radius 1 is 1.46 bits per heavy atom. The highest BCUT2D eigenvalue weighted by Gasteiger charge is 2.33. The summed E-state index contributed by atoms with van der Waals surface area (Å²) in [6.45, 7) is 3.89. The molecule has 0 spiro atoms. The highest BCUT2D eigenvalue weighted by Crippen LogP contribution is 2.41. The van der Waals surface area contributed by atoms with Crippen LogP contribution in [-0.2, 0) is 4.79 Å². The van der Waals surface area contributed by atoms with Crippen LogP contribution in [0.25, 0.3) is 0 Å². The van der Waals surface area contributed by atoms with Crippen LogP contribution in [-0.4, -0.2) is 35.7 Å². The van der Waals surface area contributed by atoms with Gasteiger partial charge >= 0.3 is 5.97 Å². The molecule has 1 aliphatic rings. The number of ether oxygens (including phenoxy) is 1. The molecular weight excluding hydrogens is 438 g/mol. The number of carbonyl (C=O) groups is 1. The first-order chi connectivity index (χ1) is 12.5. The Bertz CT molecular complexity index is 782. The van der Waals surface area contributed by atoms with Crippen LogP contribution in [0.4, 0.5) is 0 Å². The number of likely N-dealkylation sites (tertiary alicyclic amines) is 1. The summed E-state index contributed by atoms with van der Waals surface area (Å²) in [4.78, 5) is 14.9. The molecule has 0 amide bonds. The van der Waals surface area contributed by atoms with Crippen molar-refractivity contribution in [1.29, 1.82) is 0 Å². The second kappa shape index (κ2) is 8.74. The Labute approximate surface area is 170 Å². The molecule has 2 unspecified atom stereocenters. The number of aliphatic carboxylic acids is 1. The highest BCUT2D eigenvalue weighted by molar-refractivity contribution is 9.11. The first-order valence-corrected chi connectivity index (χ1v) is 10.6. The number of hydrogen-bond donors (Lipinski definition) is 1. The van der Waals surface area contributed by atoms with Crippen LogP contribution < -0.4 is 4.74 Å². The fourth-order valence-electron chi connectivity index (χ4n) is 3.47. The zero-order valence-corrected chi connectivity index (χ0v) is 17.6. The van der Waals surface area contributed by atoms with Crippen molar-refractivity contribution in [1.82, 2.24) is 4.90 Å². The van der Waals surface area contributed by atoms with Crippen molar-refractivity contribution in [3.8, 4) is 5.75 Å². The maximum Gasteiger partial charge on any atom is 0.307 e. The molecule has 140 valence electrons. The molecule has 1 aromatic carbocycles. The number of nitrogens with zero attached hydrogens (tertiary/aromatic N) is 1. The SMILES string of the molecule is CCOc1ccc(Cl)cc1C(c1ccc(Br)s1)N1CCCC(C(=O)O)C1. The molecular formula is C19H21BrClNO3S. The van der Waals surface area contributed by atoms with Gasteiger partial charge in [-0.05, 0) is 72.6 Å². The summed E-state index contributed by atoms with van der Waals surface area (Å²) in [5.74, 6) is -0.273. The van der Waals surface area contributed by atoms with Crippen LogP contribution in [0.1, 0.15) is 36.2 Å². The van der Waals surface area contributed by atoms with Gasteiger partial charge in [0.05, 0.1) is 22.4 Å². The number of rotatable bonds is 6. The minimum absolute atomic E-state index is 0.0753. The third kappa shape index (κ3) is 4.42. The number of benzene rings is 1. The zero-order chi connectivity index (χ0) is 18.7. The van der Waals surface area contributed by atoms with Gasteiger partial charge in [0.15, 0.2) is 0 Å². The molecule has 0 saturated carbocycles. The molecule has 4 nitrogen and oxygen atoms in total. The van der Waals surface area contributed by atoms with Crippen LogP contribution in [0.3, 0.4) is 0 Å². The summed E-state index contributed by atoms with van der Waals surface area (Å²) in [5, 5.41) is 10.1. The fraction of sp³-hybridized carbons (Fsp3) is 0.421.